The molecule has 2 rings (SSSR count). The molecule has 1 heteroatoms. The van der Waals surface area contributed by atoms with Gasteiger partial charge >= 0.3 is 0 Å². The Kier molecular flexibility index (Phi) is 7.96. The molecule has 0 saturated heterocycles. The van der Waals surface area contributed by atoms with Gasteiger partial charge < -0.3 is 0 Å². The normalized spacial score (nSPS) is 11.4. The molecule has 0 radical (unpaired) electrons. The monoisotopic (exact) mass is 360 g/mol. The zero-order valence-corrected chi connectivity index (χ0v) is 18.6. The average molecular weight is 360 g/mol. The van der Waals surface area contributed by atoms with Gasteiger partial charge in [-0.15, -0.1) is 5.98 Å². The molecular formula is C26H37B. The molecule has 27 heavy (non-hydrogen) atoms. The van der Waals surface area contributed by atoms with Crippen LogP contribution in [0.3, 0.4) is 0 Å². The Labute approximate surface area is 168 Å². The number of aryl methyl sites for hydroxylation is 6. The van der Waals surface area contributed by atoms with Crippen LogP contribution in [-0.4, -0.2) is 6.71 Å². The van der Waals surface area contributed by atoms with Crippen molar-refractivity contribution in [3.8, 4) is 0 Å². The van der Waals surface area contributed by atoms with E-state index in [0.29, 0.717) is 6.71 Å². The van der Waals surface area contributed by atoms with E-state index >= 15 is 0 Å². The standard InChI is InChI=1S/C26H37B/c1-8-9-10-11-12-13-14-27(25-21(4)15-19(2)16-22(25)5)26-23(6)17-20(3)18-24(26)7/h13-18H,8-12H2,1-7H3. The predicted molar refractivity (Wildman–Crippen MR) is 124 cm³/mol. The van der Waals surface area contributed by atoms with Gasteiger partial charge in [0.25, 0.3) is 0 Å². The SMILES string of the molecule is CCCCCCC=CB(c1c(C)cc(C)cc1C)c1c(C)cc(C)cc1C. The Bertz CT molecular complexity index is 694. The number of hydrogen-bond acceptors (Lipinski definition) is 0. The van der Waals surface area contributed by atoms with Crippen LogP contribution in [0.25, 0.3) is 0 Å². The van der Waals surface area contributed by atoms with E-state index in [1.807, 2.05) is 0 Å². The van der Waals surface area contributed by atoms with Crippen LogP contribution in [-0.2, 0) is 0 Å². The van der Waals surface area contributed by atoms with Crippen LogP contribution in [0.5, 0.6) is 0 Å². The fourth-order valence-electron chi connectivity index (χ4n) is 4.62. The topological polar surface area (TPSA) is 0 Å². The minimum atomic E-state index is 0.345. The second-order valence-electron chi connectivity index (χ2n) is 8.38. The lowest BCUT2D eigenvalue weighted by molar-refractivity contribution is 0.674. The molecule has 0 amide bonds. The van der Waals surface area contributed by atoms with Crippen LogP contribution in [0.2, 0.25) is 0 Å². The summed E-state index contributed by atoms with van der Waals surface area (Å²) in [4.78, 5) is 0. The fraction of sp³-hybridized carbons (Fsp3) is 0.462. The first kappa shape index (κ1) is 21.5. The van der Waals surface area contributed by atoms with Gasteiger partial charge in [-0.05, 0) is 54.4 Å². The summed E-state index contributed by atoms with van der Waals surface area (Å²) in [5.74, 6) is 2.47. The van der Waals surface area contributed by atoms with Crippen LogP contribution in [0.15, 0.2) is 36.3 Å². The molecule has 0 bridgehead atoms. The second-order valence-corrected chi connectivity index (χ2v) is 8.38. The van der Waals surface area contributed by atoms with Gasteiger partial charge in [-0.3, -0.25) is 0 Å². The molecule has 0 atom stereocenters. The van der Waals surface area contributed by atoms with Crippen molar-refractivity contribution in [3.63, 3.8) is 0 Å². The summed E-state index contributed by atoms with van der Waals surface area (Å²) in [5, 5.41) is 0. The van der Waals surface area contributed by atoms with Gasteiger partial charge in [0.05, 0.1) is 0 Å². The van der Waals surface area contributed by atoms with Crippen molar-refractivity contribution in [1.29, 1.82) is 0 Å². The van der Waals surface area contributed by atoms with Crippen molar-refractivity contribution in [1.82, 2.24) is 0 Å². The maximum atomic E-state index is 2.47. The predicted octanol–water partition coefficient (Wildman–Crippen LogP) is 6.21. The summed E-state index contributed by atoms with van der Waals surface area (Å²) in [6.45, 7) is 16.1. The average Bonchev–Trinajstić information content (AvgIpc) is 2.55. The van der Waals surface area contributed by atoms with Gasteiger partial charge in [-0.2, -0.15) is 0 Å². The molecule has 2 aromatic carbocycles. The summed E-state index contributed by atoms with van der Waals surface area (Å²) in [5.41, 5.74) is 11.3. The summed E-state index contributed by atoms with van der Waals surface area (Å²) >= 11 is 0. The minimum absolute atomic E-state index is 0.345. The molecule has 0 aromatic heterocycles. The minimum Gasteiger partial charge on any atom is -0.109 e. The molecule has 144 valence electrons. The third-order valence-electron chi connectivity index (χ3n) is 5.65. The van der Waals surface area contributed by atoms with E-state index in [4.69, 9.17) is 0 Å². The third kappa shape index (κ3) is 5.61. The smallest absolute Gasteiger partial charge is 0.109 e. The molecular weight excluding hydrogens is 323 g/mol. The van der Waals surface area contributed by atoms with Gasteiger partial charge in [-0.1, -0.05) is 101 Å². The van der Waals surface area contributed by atoms with Crippen LogP contribution in [0.1, 0.15) is 72.4 Å². The van der Waals surface area contributed by atoms with Crippen LogP contribution >= 0.6 is 0 Å². The maximum absolute atomic E-state index is 2.47. The largest absolute Gasteiger partial charge is 0.235 e. The molecule has 0 unspecified atom stereocenters. The number of hydrogen-bond donors (Lipinski definition) is 0. The molecule has 0 aliphatic carbocycles. The van der Waals surface area contributed by atoms with Crippen molar-refractivity contribution in [2.45, 2.75) is 80.6 Å². The zero-order valence-electron chi connectivity index (χ0n) is 18.6. The van der Waals surface area contributed by atoms with E-state index in [9.17, 15) is 0 Å². The molecule has 0 aliphatic heterocycles. The lowest BCUT2D eigenvalue weighted by Crippen LogP contribution is -2.46. The second kappa shape index (κ2) is 9.97. The highest BCUT2D eigenvalue weighted by Crippen LogP contribution is 2.13. The summed E-state index contributed by atoms with van der Waals surface area (Å²) < 4.78 is 0. The Morgan fingerprint density at radius 3 is 1.52 bits per heavy atom. The molecule has 0 N–H and O–H groups in total. The summed E-state index contributed by atoms with van der Waals surface area (Å²) in [6, 6.07) is 9.35. The van der Waals surface area contributed by atoms with Crippen LogP contribution in [0, 0.1) is 41.5 Å². The zero-order chi connectivity index (χ0) is 20.0. The Morgan fingerprint density at radius 2 is 1.11 bits per heavy atom. The van der Waals surface area contributed by atoms with Crippen molar-refractivity contribution in [2.24, 2.45) is 0 Å². The van der Waals surface area contributed by atoms with E-state index in [2.05, 4.69) is 84.8 Å². The quantitative estimate of drug-likeness (QED) is 0.388. The van der Waals surface area contributed by atoms with E-state index in [1.54, 1.807) is 0 Å². The van der Waals surface area contributed by atoms with E-state index in [1.165, 1.54) is 76.4 Å². The van der Waals surface area contributed by atoms with Crippen molar-refractivity contribution >= 4 is 17.6 Å². The van der Waals surface area contributed by atoms with Crippen molar-refractivity contribution in [2.75, 3.05) is 0 Å². The van der Waals surface area contributed by atoms with Crippen molar-refractivity contribution in [3.05, 3.63) is 69.7 Å². The third-order valence-corrected chi connectivity index (χ3v) is 5.65. The van der Waals surface area contributed by atoms with Crippen LogP contribution < -0.4 is 10.9 Å². The Hall–Kier alpha value is -1.76. The highest BCUT2D eigenvalue weighted by atomic mass is 14.1. The van der Waals surface area contributed by atoms with E-state index in [0.717, 1.165) is 0 Å². The first-order valence-electron chi connectivity index (χ1n) is 10.7. The number of rotatable bonds is 8. The van der Waals surface area contributed by atoms with Gasteiger partial charge in [0.2, 0.25) is 6.71 Å². The summed E-state index contributed by atoms with van der Waals surface area (Å²) in [6.07, 6.45) is 8.91. The van der Waals surface area contributed by atoms with Gasteiger partial charge in [0, 0.05) is 0 Å². The molecule has 0 heterocycles. The molecule has 0 aliphatic rings. The maximum Gasteiger partial charge on any atom is 0.235 e. The highest BCUT2D eigenvalue weighted by Gasteiger charge is 2.23. The highest BCUT2D eigenvalue weighted by molar-refractivity contribution is 6.90. The van der Waals surface area contributed by atoms with Gasteiger partial charge in [0.15, 0.2) is 0 Å². The molecule has 0 fully saturated rings. The summed E-state index contributed by atoms with van der Waals surface area (Å²) in [7, 11) is 0. The van der Waals surface area contributed by atoms with Crippen LogP contribution in [0.4, 0.5) is 0 Å². The van der Waals surface area contributed by atoms with Gasteiger partial charge in [0.1, 0.15) is 0 Å². The fourth-order valence-corrected chi connectivity index (χ4v) is 4.62. The molecule has 0 spiro atoms. The first-order chi connectivity index (χ1) is 12.8. The molecule has 2 aromatic rings. The number of allylic oxidation sites excluding steroid dienone is 1. The molecule has 0 nitrogen and oxygen atoms in total. The first-order valence-corrected chi connectivity index (χ1v) is 10.7. The molecule has 0 saturated carbocycles. The lowest BCUT2D eigenvalue weighted by atomic mass is 9.37. The van der Waals surface area contributed by atoms with Gasteiger partial charge in [-0.25, -0.2) is 0 Å². The van der Waals surface area contributed by atoms with E-state index in [-0.39, 0.29) is 0 Å². The van der Waals surface area contributed by atoms with E-state index < -0.39 is 0 Å². The number of benzene rings is 2. The Balaban J connectivity index is 2.46. The number of unbranched alkanes of at least 4 members (excludes halogenated alkanes) is 4. The Morgan fingerprint density at radius 1 is 0.667 bits per heavy atom. The van der Waals surface area contributed by atoms with Crippen molar-refractivity contribution < 1.29 is 0 Å². The lowest BCUT2D eigenvalue weighted by Gasteiger charge is -2.22.